The fourth-order valence-corrected chi connectivity index (χ4v) is 6.13. The summed E-state index contributed by atoms with van der Waals surface area (Å²) < 4.78 is 57.2. The molecule has 0 unspecified atom stereocenters. The Morgan fingerprint density at radius 3 is 2.81 bits per heavy atom. The summed E-state index contributed by atoms with van der Waals surface area (Å²) in [7, 11) is 1.25. The highest BCUT2D eigenvalue weighted by Gasteiger charge is 2.78. The summed E-state index contributed by atoms with van der Waals surface area (Å²) in [5.41, 5.74) is -2.69. The second-order valence-corrected chi connectivity index (χ2v) is 9.04. The SMILES string of the molecule is COC(=O)N[C@H]1C[C@@]23CCO[C@H]4[C@@H]2[C@H](C(=O)N4c2ccc(Cl)c(C(F)(F)F)c2)[C@]1(C)O3. The van der Waals surface area contributed by atoms with Crippen molar-refractivity contribution >= 4 is 29.3 Å². The van der Waals surface area contributed by atoms with Crippen molar-refractivity contribution < 1.29 is 37.0 Å². The average Bonchev–Trinajstić information content (AvgIpc) is 3.25. The number of hydrogen-bond acceptors (Lipinski definition) is 5. The third-order valence-electron chi connectivity index (χ3n) is 7.14. The summed E-state index contributed by atoms with van der Waals surface area (Å²) in [5, 5.41) is 2.32. The van der Waals surface area contributed by atoms with E-state index in [2.05, 4.69) is 5.32 Å². The number of alkyl halides is 3. The molecule has 168 valence electrons. The van der Waals surface area contributed by atoms with Gasteiger partial charge in [0.25, 0.3) is 0 Å². The Morgan fingerprint density at radius 2 is 2.13 bits per heavy atom. The average molecular weight is 461 g/mol. The van der Waals surface area contributed by atoms with E-state index in [1.165, 1.54) is 18.1 Å². The molecular formula is C20H20ClF3N2O5. The van der Waals surface area contributed by atoms with Crippen molar-refractivity contribution in [1.82, 2.24) is 5.32 Å². The second kappa shape index (κ2) is 6.49. The normalized spacial score (nSPS) is 38.4. The van der Waals surface area contributed by atoms with Crippen molar-refractivity contribution in [2.45, 2.75) is 49.4 Å². The number of fused-ring (bicyclic) bond motifs is 2. The number of rotatable bonds is 2. The molecule has 1 aromatic rings. The van der Waals surface area contributed by atoms with Crippen molar-refractivity contribution in [3.63, 3.8) is 0 Å². The Hall–Kier alpha value is -2.04. The Labute approximate surface area is 180 Å². The van der Waals surface area contributed by atoms with E-state index in [9.17, 15) is 22.8 Å². The molecule has 1 N–H and O–H groups in total. The van der Waals surface area contributed by atoms with Crippen molar-refractivity contribution in [3.8, 4) is 0 Å². The van der Waals surface area contributed by atoms with Gasteiger partial charge in [0.1, 0.15) is 6.23 Å². The number of nitrogens with one attached hydrogen (secondary N) is 1. The van der Waals surface area contributed by atoms with Gasteiger partial charge in [-0.25, -0.2) is 4.79 Å². The van der Waals surface area contributed by atoms with E-state index in [-0.39, 0.29) is 18.2 Å². The summed E-state index contributed by atoms with van der Waals surface area (Å²) in [6, 6.07) is 2.92. The number of hydrogen-bond donors (Lipinski definition) is 1. The van der Waals surface area contributed by atoms with E-state index in [1.807, 2.05) is 0 Å². The third kappa shape index (κ3) is 2.74. The zero-order valence-corrected chi connectivity index (χ0v) is 17.4. The largest absolute Gasteiger partial charge is 0.453 e. The van der Waals surface area contributed by atoms with Gasteiger partial charge in [-0.1, -0.05) is 11.6 Å². The predicted octanol–water partition coefficient (Wildman–Crippen LogP) is 3.34. The van der Waals surface area contributed by atoms with Crippen LogP contribution >= 0.6 is 11.6 Å². The molecule has 7 nitrogen and oxygen atoms in total. The van der Waals surface area contributed by atoms with Crippen LogP contribution in [0.5, 0.6) is 0 Å². The maximum Gasteiger partial charge on any atom is 0.417 e. The summed E-state index contributed by atoms with van der Waals surface area (Å²) in [6.07, 6.45) is -5.06. The summed E-state index contributed by atoms with van der Waals surface area (Å²) in [4.78, 5) is 26.7. The number of nitrogens with zero attached hydrogens (tertiary/aromatic N) is 1. The number of benzene rings is 1. The van der Waals surface area contributed by atoms with Crippen LogP contribution in [0.25, 0.3) is 0 Å². The first-order valence-electron chi connectivity index (χ1n) is 9.88. The van der Waals surface area contributed by atoms with E-state index in [1.54, 1.807) is 6.92 Å². The monoisotopic (exact) mass is 460 g/mol. The predicted molar refractivity (Wildman–Crippen MR) is 101 cm³/mol. The summed E-state index contributed by atoms with van der Waals surface area (Å²) >= 11 is 5.76. The maximum absolute atomic E-state index is 13.6. The Kier molecular flexibility index (Phi) is 4.36. The zero-order chi connectivity index (χ0) is 22.3. The number of ether oxygens (including phenoxy) is 3. The molecule has 0 radical (unpaired) electrons. The number of halogens is 4. The number of alkyl carbamates (subject to hydrolysis) is 1. The van der Waals surface area contributed by atoms with Crippen LogP contribution in [0.1, 0.15) is 25.3 Å². The van der Waals surface area contributed by atoms with Gasteiger partial charge in [-0.05, 0) is 25.1 Å². The molecule has 2 amide bonds. The van der Waals surface area contributed by atoms with Crippen molar-refractivity contribution in [2.75, 3.05) is 18.6 Å². The molecule has 5 rings (SSSR count). The van der Waals surface area contributed by atoms with E-state index in [4.69, 9.17) is 25.8 Å². The number of anilines is 1. The highest BCUT2D eigenvalue weighted by atomic mass is 35.5. The van der Waals surface area contributed by atoms with Crippen LogP contribution in [0.3, 0.4) is 0 Å². The molecule has 31 heavy (non-hydrogen) atoms. The Balaban J connectivity index is 1.56. The molecule has 1 spiro atoms. The summed E-state index contributed by atoms with van der Waals surface area (Å²) in [6.45, 7) is 2.03. The lowest BCUT2D eigenvalue weighted by Gasteiger charge is -2.42. The summed E-state index contributed by atoms with van der Waals surface area (Å²) in [5.74, 6) is -1.44. The zero-order valence-electron chi connectivity index (χ0n) is 16.7. The quantitative estimate of drug-likeness (QED) is 0.732. The topological polar surface area (TPSA) is 77.1 Å². The van der Waals surface area contributed by atoms with E-state index in [0.717, 1.165) is 12.1 Å². The lowest BCUT2D eigenvalue weighted by atomic mass is 9.64. The minimum absolute atomic E-state index is 0.0682. The first-order chi connectivity index (χ1) is 14.5. The molecule has 0 saturated carbocycles. The van der Waals surface area contributed by atoms with Gasteiger partial charge < -0.3 is 19.5 Å². The van der Waals surface area contributed by atoms with Crippen LogP contribution in [0, 0.1) is 11.8 Å². The van der Waals surface area contributed by atoms with Crippen molar-refractivity contribution in [3.05, 3.63) is 28.8 Å². The fraction of sp³-hybridized carbons (Fsp3) is 0.600. The molecular weight excluding hydrogens is 441 g/mol. The highest BCUT2D eigenvalue weighted by Crippen LogP contribution is 2.65. The minimum atomic E-state index is -4.66. The molecule has 0 aliphatic carbocycles. The first-order valence-corrected chi connectivity index (χ1v) is 10.3. The second-order valence-electron chi connectivity index (χ2n) is 8.63. The molecule has 6 atom stereocenters. The van der Waals surface area contributed by atoms with Gasteiger partial charge in [0, 0.05) is 24.4 Å². The van der Waals surface area contributed by atoms with Crippen LogP contribution in [0.2, 0.25) is 5.02 Å². The maximum atomic E-state index is 13.6. The van der Waals surface area contributed by atoms with Gasteiger partial charge in [-0.15, -0.1) is 0 Å². The van der Waals surface area contributed by atoms with Gasteiger partial charge in [0.15, 0.2) is 0 Å². The molecule has 4 heterocycles. The van der Waals surface area contributed by atoms with Gasteiger partial charge >= 0.3 is 12.3 Å². The molecule has 2 bridgehead atoms. The number of carbonyl (C=O) groups excluding carboxylic acids is 2. The molecule has 4 aliphatic rings. The molecule has 4 fully saturated rings. The van der Waals surface area contributed by atoms with Crippen molar-refractivity contribution in [1.29, 1.82) is 0 Å². The van der Waals surface area contributed by atoms with E-state index in [0.29, 0.717) is 12.8 Å². The lowest BCUT2D eigenvalue weighted by molar-refractivity contribution is -0.141. The highest BCUT2D eigenvalue weighted by molar-refractivity contribution is 6.31. The molecule has 4 saturated heterocycles. The van der Waals surface area contributed by atoms with Crippen LogP contribution in [0.4, 0.5) is 23.7 Å². The van der Waals surface area contributed by atoms with Crippen LogP contribution < -0.4 is 10.2 Å². The first kappa shape index (κ1) is 20.8. The molecule has 11 heteroatoms. The lowest BCUT2D eigenvalue weighted by Crippen LogP contribution is -2.57. The van der Waals surface area contributed by atoms with Gasteiger partial charge in [-0.3, -0.25) is 9.69 Å². The number of methoxy groups -OCH3 is 1. The Bertz CT molecular complexity index is 975. The van der Waals surface area contributed by atoms with Crippen molar-refractivity contribution in [2.24, 2.45) is 11.8 Å². The van der Waals surface area contributed by atoms with E-state index >= 15 is 0 Å². The van der Waals surface area contributed by atoms with Crippen LogP contribution in [-0.4, -0.2) is 49.2 Å². The van der Waals surface area contributed by atoms with Crippen LogP contribution in [-0.2, 0) is 25.2 Å². The number of carbonyl (C=O) groups is 2. The molecule has 0 aromatic heterocycles. The minimum Gasteiger partial charge on any atom is -0.453 e. The fourth-order valence-electron chi connectivity index (χ4n) is 5.90. The molecule has 4 aliphatic heterocycles. The molecule has 1 aromatic carbocycles. The Morgan fingerprint density at radius 1 is 1.39 bits per heavy atom. The number of amides is 2. The van der Waals surface area contributed by atoms with Gasteiger partial charge in [0.05, 0.1) is 47.5 Å². The van der Waals surface area contributed by atoms with Crippen LogP contribution in [0.15, 0.2) is 18.2 Å². The van der Waals surface area contributed by atoms with Gasteiger partial charge in [-0.2, -0.15) is 13.2 Å². The smallest absolute Gasteiger partial charge is 0.417 e. The standard InChI is InChI=1S/C20H20ClF3N2O5/c1-18-12(25-17(28)29-2)8-19(31-18)5-6-30-16-14(19)13(18)15(27)26(16)9-3-4-11(21)10(7-9)20(22,23)24/h3-4,7,12-14,16H,5-6,8H2,1-2H3,(H,25,28)/t12-,13+,14-,16-,18+,19-/m0/s1. The van der Waals surface area contributed by atoms with E-state index < -0.39 is 58.2 Å². The van der Waals surface area contributed by atoms with Gasteiger partial charge in [0.2, 0.25) is 5.91 Å². The third-order valence-corrected chi connectivity index (χ3v) is 7.47.